The van der Waals surface area contributed by atoms with Crippen LogP contribution in [-0.4, -0.2) is 67.2 Å². The van der Waals surface area contributed by atoms with Crippen molar-refractivity contribution in [2.45, 2.75) is 78.3 Å². The van der Waals surface area contributed by atoms with Crippen LogP contribution < -0.4 is 21.3 Å². The van der Waals surface area contributed by atoms with Gasteiger partial charge in [0.1, 0.15) is 11.6 Å². The van der Waals surface area contributed by atoms with E-state index in [0.29, 0.717) is 11.5 Å². The Morgan fingerprint density at radius 3 is 2.22 bits per heavy atom. The smallest absolute Gasteiger partial charge is 0.135 e. The van der Waals surface area contributed by atoms with E-state index in [-0.39, 0.29) is 0 Å². The molecule has 0 atom stereocenters. The molecule has 4 heterocycles. The van der Waals surface area contributed by atoms with Crippen LogP contribution >= 0.6 is 0 Å². The molecule has 2 aromatic carbocycles. The molecule has 3 fully saturated rings. The van der Waals surface area contributed by atoms with Crippen LogP contribution in [0.4, 0.5) is 11.5 Å². The number of likely N-dealkylation sites (tertiary alicyclic amines) is 1. The Labute approximate surface area is 247 Å². The van der Waals surface area contributed by atoms with E-state index in [1.54, 1.807) is 0 Å². The summed E-state index contributed by atoms with van der Waals surface area (Å²) in [6, 6.07) is 13.6. The number of hydrogen-bond acceptors (Lipinski definition) is 7. The Morgan fingerprint density at radius 2 is 1.63 bits per heavy atom. The van der Waals surface area contributed by atoms with Gasteiger partial charge >= 0.3 is 0 Å². The molecule has 0 unspecified atom stereocenters. The number of benzene rings is 2. The molecule has 1 aliphatic carbocycles. The fourth-order valence-corrected chi connectivity index (χ4v) is 6.95. The first-order chi connectivity index (χ1) is 19.9. The second-order valence-electron chi connectivity index (χ2n) is 12.7. The van der Waals surface area contributed by atoms with Gasteiger partial charge < -0.3 is 26.2 Å². The highest BCUT2D eigenvalue weighted by molar-refractivity contribution is 5.97. The first kappa shape index (κ1) is 29.7. The predicted molar refractivity (Wildman–Crippen MR) is 173 cm³/mol. The summed E-state index contributed by atoms with van der Waals surface area (Å²) in [5, 5.41) is 2.68. The van der Waals surface area contributed by atoms with Gasteiger partial charge in [0.25, 0.3) is 0 Å². The molecule has 3 aromatic rings. The number of nitrogens with zero attached hydrogens (tertiary/aromatic N) is 5. The van der Waals surface area contributed by atoms with Gasteiger partial charge in [-0.15, -0.1) is 0 Å². The number of nitrogens with two attached hydrogens (primary N) is 2. The Hall–Kier alpha value is -2.74. The van der Waals surface area contributed by atoms with Crippen molar-refractivity contribution in [3.8, 4) is 0 Å². The van der Waals surface area contributed by atoms with Gasteiger partial charge in [-0.05, 0) is 89.1 Å². The summed E-state index contributed by atoms with van der Waals surface area (Å²) < 4.78 is 0. The molecule has 0 amide bonds. The molecule has 1 spiro atoms. The van der Waals surface area contributed by atoms with E-state index in [0.717, 1.165) is 57.8 Å². The molecule has 4 aliphatic rings. The molecule has 2 saturated heterocycles. The minimum atomic E-state index is 0.408. The van der Waals surface area contributed by atoms with Crippen molar-refractivity contribution < 1.29 is 0 Å². The third-order valence-electron chi connectivity index (χ3n) is 9.20. The lowest BCUT2D eigenvalue weighted by Crippen LogP contribution is -2.66. The zero-order valence-electron chi connectivity index (χ0n) is 25.8. The van der Waals surface area contributed by atoms with Crippen LogP contribution in [0, 0.1) is 12.3 Å². The van der Waals surface area contributed by atoms with Crippen molar-refractivity contribution >= 4 is 22.3 Å². The van der Waals surface area contributed by atoms with Gasteiger partial charge in [0.2, 0.25) is 0 Å². The van der Waals surface area contributed by atoms with Crippen LogP contribution in [0.15, 0.2) is 36.4 Å². The van der Waals surface area contributed by atoms with Crippen LogP contribution in [0.3, 0.4) is 0 Å². The van der Waals surface area contributed by atoms with Crippen molar-refractivity contribution in [3.05, 3.63) is 59.0 Å². The summed E-state index contributed by atoms with van der Waals surface area (Å²) in [4.78, 5) is 17.4. The number of fused-ring (bicyclic) bond motifs is 2. The molecule has 3 aliphatic heterocycles. The number of anilines is 2. The molecule has 7 nitrogen and oxygen atoms in total. The summed E-state index contributed by atoms with van der Waals surface area (Å²) >= 11 is 0. The summed E-state index contributed by atoms with van der Waals surface area (Å²) in [6.07, 6.45) is 8.14. The molecule has 7 heteroatoms. The lowest BCUT2D eigenvalue weighted by molar-refractivity contribution is 0.0656. The molecule has 1 aromatic heterocycles. The first-order valence-electron chi connectivity index (χ1n) is 15.9. The fourth-order valence-electron chi connectivity index (χ4n) is 6.95. The van der Waals surface area contributed by atoms with Crippen LogP contribution in [0.2, 0.25) is 0 Å². The van der Waals surface area contributed by atoms with Crippen molar-refractivity contribution in [3.63, 3.8) is 0 Å². The molecule has 41 heavy (non-hydrogen) atoms. The standard InChI is InChI=1S/C26H31N5.C5H11N.C3H9N/c1-3-23-28-21-14-30(22-9-5-8-18-7-4-6-17(2)24(18)22)11-10-20(21)25(29-23)31-15-26(16-31)12-19(27)13-26;1-6-4-2-3-5-6;1-2-3-4/h4-9,19H,3,10-16,27H2,1-2H3;2-5H2,1H3;2-4H2,1H3. The highest BCUT2D eigenvalue weighted by atomic mass is 15.3. The molecule has 0 bridgehead atoms. The fraction of sp³-hybridized carbons (Fsp3) is 0.588. The van der Waals surface area contributed by atoms with Gasteiger partial charge in [-0.3, -0.25) is 0 Å². The minimum absolute atomic E-state index is 0.408. The van der Waals surface area contributed by atoms with Crippen LogP contribution in [0.5, 0.6) is 0 Å². The summed E-state index contributed by atoms with van der Waals surface area (Å²) in [6.45, 7) is 14.0. The van der Waals surface area contributed by atoms with Gasteiger partial charge in [-0.1, -0.05) is 44.2 Å². The average molecular weight is 558 g/mol. The average Bonchev–Trinajstić information content (AvgIpc) is 3.44. The minimum Gasteiger partial charge on any atom is -0.365 e. The van der Waals surface area contributed by atoms with Crippen molar-refractivity contribution in [1.82, 2.24) is 14.9 Å². The van der Waals surface area contributed by atoms with Crippen molar-refractivity contribution in [2.75, 3.05) is 56.1 Å². The van der Waals surface area contributed by atoms with Gasteiger partial charge in [-0.25, -0.2) is 9.97 Å². The van der Waals surface area contributed by atoms with Crippen LogP contribution in [0.1, 0.15) is 68.6 Å². The number of hydrogen-bond donors (Lipinski definition) is 2. The first-order valence-corrected chi connectivity index (χ1v) is 15.9. The second-order valence-corrected chi connectivity index (χ2v) is 12.7. The normalized spacial score (nSPS) is 19.6. The Kier molecular flexibility index (Phi) is 9.47. The molecular formula is C34H51N7. The van der Waals surface area contributed by atoms with Crippen LogP contribution in [0.25, 0.3) is 10.8 Å². The number of rotatable bonds is 4. The van der Waals surface area contributed by atoms with E-state index in [1.807, 2.05) is 0 Å². The van der Waals surface area contributed by atoms with Gasteiger partial charge in [-0.2, -0.15) is 0 Å². The summed E-state index contributed by atoms with van der Waals surface area (Å²) in [5.41, 5.74) is 16.8. The SMILES string of the molecule is CCCN.CCc1nc2c(c(N3CC4(CC(N)C4)C3)n1)CCN(c1cccc3cccc(C)c13)C2.CN1CCCC1. The van der Waals surface area contributed by atoms with E-state index in [1.165, 1.54) is 77.9 Å². The largest absolute Gasteiger partial charge is 0.365 e. The maximum Gasteiger partial charge on any atom is 0.135 e. The topological polar surface area (TPSA) is 87.5 Å². The van der Waals surface area contributed by atoms with E-state index in [2.05, 4.69) is 78.9 Å². The monoisotopic (exact) mass is 557 g/mol. The maximum absolute atomic E-state index is 6.08. The summed E-state index contributed by atoms with van der Waals surface area (Å²) in [5.74, 6) is 2.16. The third-order valence-corrected chi connectivity index (χ3v) is 9.20. The van der Waals surface area contributed by atoms with E-state index in [4.69, 9.17) is 21.4 Å². The lowest BCUT2D eigenvalue weighted by Gasteiger charge is -2.59. The molecule has 0 radical (unpaired) electrons. The molecule has 4 N–H and O–H groups in total. The van der Waals surface area contributed by atoms with E-state index < -0.39 is 0 Å². The van der Waals surface area contributed by atoms with E-state index in [9.17, 15) is 0 Å². The number of aryl methyl sites for hydroxylation is 2. The Morgan fingerprint density at radius 1 is 0.951 bits per heavy atom. The van der Waals surface area contributed by atoms with Gasteiger partial charge in [0.15, 0.2) is 0 Å². The number of aromatic nitrogens is 2. The van der Waals surface area contributed by atoms with Crippen molar-refractivity contribution in [1.29, 1.82) is 0 Å². The molecule has 7 rings (SSSR count). The molecular weight excluding hydrogens is 506 g/mol. The van der Waals surface area contributed by atoms with Crippen LogP contribution in [-0.2, 0) is 19.4 Å². The second kappa shape index (κ2) is 13.1. The Bertz CT molecular complexity index is 1290. The zero-order chi connectivity index (χ0) is 29.0. The molecule has 222 valence electrons. The summed E-state index contributed by atoms with van der Waals surface area (Å²) in [7, 11) is 2.17. The maximum atomic E-state index is 6.08. The quantitative estimate of drug-likeness (QED) is 0.464. The third kappa shape index (κ3) is 6.52. The molecule has 1 saturated carbocycles. The van der Waals surface area contributed by atoms with Crippen molar-refractivity contribution in [2.24, 2.45) is 16.9 Å². The predicted octanol–water partition coefficient (Wildman–Crippen LogP) is 5.06. The highest BCUT2D eigenvalue weighted by Gasteiger charge is 2.52. The zero-order valence-corrected chi connectivity index (χ0v) is 25.8. The van der Waals surface area contributed by atoms with E-state index >= 15 is 0 Å². The Balaban J connectivity index is 0.000000289. The van der Waals surface area contributed by atoms with Gasteiger partial charge in [0, 0.05) is 54.1 Å². The lowest BCUT2D eigenvalue weighted by atomic mass is 9.61. The highest BCUT2D eigenvalue weighted by Crippen LogP contribution is 2.49. The van der Waals surface area contributed by atoms with Gasteiger partial charge in [0.05, 0.1) is 12.2 Å².